The summed E-state index contributed by atoms with van der Waals surface area (Å²) in [6.07, 6.45) is 3.86. The second-order valence-corrected chi connectivity index (χ2v) is 6.73. The molecule has 118 valence electrons. The molecule has 2 nitrogen and oxygen atoms in total. The van der Waals surface area contributed by atoms with Crippen molar-refractivity contribution in [3.05, 3.63) is 35.9 Å². The topological polar surface area (TPSA) is 15.3 Å². The van der Waals surface area contributed by atoms with Gasteiger partial charge in [-0.2, -0.15) is 0 Å². The van der Waals surface area contributed by atoms with Crippen LogP contribution >= 0.6 is 0 Å². The van der Waals surface area contributed by atoms with E-state index >= 15 is 0 Å². The van der Waals surface area contributed by atoms with E-state index in [1.807, 2.05) is 0 Å². The lowest BCUT2D eigenvalue weighted by Gasteiger charge is -2.46. The van der Waals surface area contributed by atoms with Crippen LogP contribution in [0.3, 0.4) is 0 Å². The largest absolute Gasteiger partial charge is 0.307 e. The highest BCUT2D eigenvalue weighted by atomic mass is 15.3. The summed E-state index contributed by atoms with van der Waals surface area (Å²) in [5, 5.41) is 3.78. The molecule has 0 bridgehead atoms. The van der Waals surface area contributed by atoms with Crippen molar-refractivity contribution in [1.82, 2.24) is 10.2 Å². The van der Waals surface area contributed by atoms with Crippen molar-refractivity contribution < 1.29 is 0 Å². The molecule has 0 aromatic heterocycles. The molecule has 3 unspecified atom stereocenters. The van der Waals surface area contributed by atoms with Gasteiger partial charge in [0.15, 0.2) is 0 Å². The Hall–Kier alpha value is -0.860. The Morgan fingerprint density at radius 2 is 1.90 bits per heavy atom. The Morgan fingerprint density at radius 1 is 1.19 bits per heavy atom. The minimum Gasteiger partial charge on any atom is -0.307 e. The lowest BCUT2D eigenvalue weighted by molar-refractivity contribution is 0.0491. The van der Waals surface area contributed by atoms with Gasteiger partial charge in [0.1, 0.15) is 0 Å². The Bertz CT molecular complexity index is 401. The second kappa shape index (κ2) is 7.95. The Labute approximate surface area is 130 Å². The van der Waals surface area contributed by atoms with E-state index in [9.17, 15) is 0 Å². The molecule has 0 aliphatic carbocycles. The van der Waals surface area contributed by atoms with Gasteiger partial charge in [-0.1, -0.05) is 64.4 Å². The Balaban J connectivity index is 2.15. The fourth-order valence-corrected chi connectivity index (χ4v) is 3.68. The van der Waals surface area contributed by atoms with Crippen molar-refractivity contribution in [3.8, 4) is 0 Å². The molecule has 1 aromatic rings. The highest BCUT2D eigenvalue weighted by Crippen LogP contribution is 2.27. The van der Waals surface area contributed by atoms with Gasteiger partial charge >= 0.3 is 0 Å². The quantitative estimate of drug-likeness (QED) is 0.842. The van der Waals surface area contributed by atoms with Gasteiger partial charge in [-0.15, -0.1) is 0 Å². The van der Waals surface area contributed by atoms with Crippen molar-refractivity contribution in [1.29, 1.82) is 0 Å². The van der Waals surface area contributed by atoms with Gasteiger partial charge in [-0.25, -0.2) is 0 Å². The molecule has 1 aromatic carbocycles. The Kier molecular flexibility index (Phi) is 6.25. The van der Waals surface area contributed by atoms with Crippen LogP contribution in [-0.4, -0.2) is 30.1 Å². The van der Waals surface area contributed by atoms with Crippen LogP contribution in [0.2, 0.25) is 0 Å². The van der Waals surface area contributed by atoms with Crippen molar-refractivity contribution in [2.75, 3.05) is 13.1 Å². The highest BCUT2D eigenvalue weighted by molar-refractivity contribution is 5.20. The van der Waals surface area contributed by atoms with Crippen LogP contribution in [0.1, 0.15) is 58.6 Å². The Morgan fingerprint density at radius 3 is 2.48 bits per heavy atom. The van der Waals surface area contributed by atoms with Gasteiger partial charge in [0.25, 0.3) is 0 Å². The minimum absolute atomic E-state index is 0.479. The summed E-state index contributed by atoms with van der Waals surface area (Å²) in [4.78, 5) is 2.79. The minimum atomic E-state index is 0.479. The van der Waals surface area contributed by atoms with Gasteiger partial charge in [0, 0.05) is 31.2 Å². The number of rotatable bonds is 6. The lowest BCUT2D eigenvalue weighted by Crippen LogP contribution is -2.58. The van der Waals surface area contributed by atoms with Crippen LogP contribution in [0.25, 0.3) is 0 Å². The van der Waals surface area contributed by atoms with Crippen LogP contribution in [0.15, 0.2) is 30.3 Å². The fourth-order valence-electron chi connectivity index (χ4n) is 3.68. The zero-order chi connectivity index (χ0) is 15.2. The van der Waals surface area contributed by atoms with E-state index in [4.69, 9.17) is 0 Å². The van der Waals surface area contributed by atoms with E-state index in [2.05, 4.69) is 68.2 Å². The zero-order valence-corrected chi connectivity index (χ0v) is 14.2. The molecule has 21 heavy (non-hydrogen) atoms. The van der Waals surface area contributed by atoms with Crippen molar-refractivity contribution in [2.45, 2.75) is 65.1 Å². The summed E-state index contributed by atoms with van der Waals surface area (Å²) >= 11 is 0. The highest BCUT2D eigenvalue weighted by Gasteiger charge is 2.33. The molecule has 3 atom stereocenters. The maximum absolute atomic E-state index is 3.78. The molecule has 2 heteroatoms. The van der Waals surface area contributed by atoms with Crippen molar-refractivity contribution in [2.24, 2.45) is 5.92 Å². The number of nitrogens with one attached hydrogen (secondary N) is 1. The molecule has 1 N–H and O–H groups in total. The molecule has 1 heterocycles. The summed E-state index contributed by atoms with van der Waals surface area (Å²) in [6.45, 7) is 11.6. The number of piperazine rings is 1. The average Bonchev–Trinajstić information content (AvgIpc) is 2.52. The fraction of sp³-hybridized carbons (Fsp3) is 0.684. The summed E-state index contributed by atoms with van der Waals surface area (Å²) < 4.78 is 0. The molecule has 0 radical (unpaired) electrons. The third kappa shape index (κ3) is 4.08. The van der Waals surface area contributed by atoms with Gasteiger partial charge in [0.05, 0.1) is 0 Å². The maximum Gasteiger partial charge on any atom is 0.0450 e. The average molecular weight is 288 g/mol. The molecule has 1 fully saturated rings. The molecule has 0 amide bonds. The zero-order valence-electron chi connectivity index (χ0n) is 14.2. The van der Waals surface area contributed by atoms with Crippen LogP contribution in [0.4, 0.5) is 0 Å². The molecule has 1 saturated heterocycles. The molecule has 0 saturated carbocycles. The van der Waals surface area contributed by atoms with Crippen LogP contribution in [-0.2, 0) is 0 Å². The molecule has 1 aliphatic rings. The standard InChI is InChI=1S/C19H32N2/c1-5-10-17(6-2)21-14-18(16-11-8-7-9-12-16)20-13-19(21)15(3)4/h7-9,11-12,15,17-20H,5-6,10,13-14H2,1-4H3. The monoisotopic (exact) mass is 288 g/mol. The summed E-state index contributed by atoms with van der Waals surface area (Å²) in [6, 6.07) is 12.8. The van der Waals surface area contributed by atoms with Gasteiger partial charge in [0.2, 0.25) is 0 Å². The third-order valence-corrected chi connectivity index (χ3v) is 4.93. The SMILES string of the molecule is CCCC(CC)N1CC(c2ccccc2)NCC1C(C)C. The first-order chi connectivity index (χ1) is 10.2. The number of hydrogen-bond acceptors (Lipinski definition) is 2. The molecular weight excluding hydrogens is 256 g/mol. The van der Waals surface area contributed by atoms with E-state index in [0.717, 1.165) is 19.1 Å². The lowest BCUT2D eigenvalue weighted by atomic mass is 9.92. The maximum atomic E-state index is 3.78. The second-order valence-electron chi connectivity index (χ2n) is 6.73. The van der Waals surface area contributed by atoms with E-state index < -0.39 is 0 Å². The molecule has 1 aliphatic heterocycles. The molecular formula is C19H32N2. The summed E-state index contributed by atoms with van der Waals surface area (Å²) in [7, 11) is 0. The van der Waals surface area contributed by atoms with E-state index in [0.29, 0.717) is 18.0 Å². The van der Waals surface area contributed by atoms with Gasteiger partial charge in [-0.3, -0.25) is 4.90 Å². The van der Waals surface area contributed by atoms with E-state index in [1.165, 1.54) is 24.8 Å². The smallest absolute Gasteiger partial charge is 0.0450 e. The normalized spacial score (nSPS) is 25.2. The van der Waals surface area contributed by atoms with Crippen molar-refractivity contribution >= 4 is 0 Å². The van der Waals surface area contributed by atoms with Crippen LogP contribution in [0, 0.1) is 5.92 Å². The predicted molar refractivity (Wildman–Crippen MR) is 91.5 cm³/mol. The first-order valence-corrected chi connectivity index (χ1v) is 8.71. The van der Waals surface area contributed by atoms with Gasteiger partial charge < -0.3 is 5.32 Å². The summed E-state index contributed by atoms with van der Waals surface area (Å²) in [5.74, 6) is 0.708. The summed E-state index contributed by atoms with van der Waals surface area (Å²) in [5.41, 5.74) is 1.43. The third-order valence-electron chi connectivity index (χ3n) is 4.93. The van der Waals surface area contributed by atoms with E-state index in [1.54, 1.807) is 0 Å². The molecule has 2 rings (SSSR count). The van der Waals surface area contributed by atoms with Gasteiger partial charge in [-0.05, 0) is 24.3 Å². The predicted octanol–water partition coefficient (Wildman–Crippen LogP) is 4.24. The number of nitrogens with zero attached hydrogens (tertiary/aromatic N) is 1. The first-order valence-electron chi connectivity index (χ1n) is 8.71. The number of hydrogen-bond donors (Lipinski definition) is 1. The van der Waals surface area contributed by atoms with Crippen LogP contribution < -0.4 is 5.32 Å². The first kappa shape index (κ1) is 16.5. The molecule has 0 spiro atoms. The van der Waals surface area contributed by atoms with Crippen LogP contribution in [0.5, 0.6) is 0 Å². The number of benzene rings is 1. The van der Waals surface area contributed by atoms with E-state index in [-0.39, 0.29) is 0 Å². The van der Waals surface area contributed by atoms with Crippen molar-refractivity contribution in [3.63, 3.8) is 0 Å².